The Morgan fingerprint density at radius 3 is 2.57 bits per heavy atom. The summed E-state index contributed by atoms with van der Waals surface area (Å²) in [5.74, 6) is 0.845. The molecule has 4 N–H and O–H groups in total. The van der Waals surface area contributed by atoms with Crippen LogP contribution in [0.1, 0.15) is 25.8 Å². The average Bonchev–Trinajstić information content (AvgIpc) is 2.66. The SMILES string of the molecule is CCC(C)C(=O)Nc1cccc(CN=C(N)Nc2ccc(OC)c(Cl)c2)c1.I. The molecule has 1 unspecified atom stereocenters. The Morgan fingerprint density at radius 1 is 1.21 bits per heavy atom. The second-order valence-electron chi connectivity index (χ2n) is 6.17. The molecule has 0 spiro atoms. The third kappa shape index (κ3) is 7.20. The Hall–Kier alpha value is -2.00. The van der Waals surface area contributed by atoms with Gasteiger partial charge in [-0.05, 0) is 42.3 Å². The molecular weight excluding hydrogens is 491 g/mol. The summed E-state index contributed by atoms with van der Waals surface area (Å²) in [4.78, 5) is 16.3. The smallest absolute Gasteiger partial charge is 0.227 e. The summed E-state index contributed by atoms with van der Waals surface area (Å²) >= 11 is 6.10. The highest BCUT2D eigenvalue weighted by molar-refractivity contribution is 14.0. The number of amides is 1. The summed E-state index contributed by atoms with van der Waals surface area (Å²) in [5, 5.41) is 6.39. The number of nitrogens with one attached hydrogen (secondary N) is 2. The fourth-order valence-electron chi connectivity index (χ4n) is 2.31. The minimum Gasteiger partial charge on any atom is -0.495 e. The van der Waals surface area contributed by atoms with Gasteiger partial charge in [0.05, 0.1) is 18.7 Å². The Balaban J connectivity index is 0.00000392. The summed E-state index contributed by atoms with van der Waals surface area (Å²) in [5.41, 5.74) is 8.36. The van der Waals surface area contributed by atoms with Crippen molar-refractivity contribution in [2.75, 3.05) is 17.7 Å². The number of hydrogen-bond acceptors (Lipinski definition) is 3. The number of hydrogen-bond donors (Lipinski definition) is 3. The number of anilines is 2. The van der Waals surface area contributed by atoms with Crippen LogP contribution < -0.4 is 21.1 Å². The van der Waals surface area contributed by atoms with E-state index in [9.17, 15) is 4.79 Å². The molecule has 0 saturated heterocycles. The molecule has 0 aliphatic heterocycles. The first-order valence-electron chi connectivity index (χ1n) is 8.73. The van der Waals surface area contributed by atoms with E-state index in [2.05, 4.69) is 15.6 Å². The molecule has 152 valence electrons. The van der Waals surface area contributed by atoms with Crippen LogP contribution in [0.5, 0.6) is 5.75 Å². The van der Waals surface area contributed by atoms with Gasteiger partial charge in [-0.25, -0.2) is 4.99 Å². The number of benzene rings is 2. The van der Waals surface area contributed by atoms with E-state index >= 15 is 0 Å². The summed E-state index contributed by atoms with van der Waals surface area (Å²) in [6, 6.07) is 12.8. The standard InChI is InChI=1S/C20H25ClN4O2.HI/c1-4-13(2)19(26)24-15-7-5-6-14(10-15)12-23-20(22)25-16-8-9-18(27-3)17(21)11-16;/h5-11,13H,4,12H2,1-3H3,(H,24,26)(H3,22,23,25);1H. The van der Waals surface area contributed by atoms with Gasteiger partial charge in [-0.15, -0.1) is 24.0 Å². The van der Waals surface area contributed by atoms with Crippen molar-refractivity contribution < 1.29 is 9.53 Å². The predicted octanol–water partition coefficient (Wildman–Crippen LogP) is 4.88. The maximum Gasteiger partial charge on any atom is 0.227 e. The molecule has 0 bridgehead atoms. The van der Waals surface area contributed by atoms with E-state index in [4.69, 9.17) is 22.1 Å². The molecule has 8 heteroatoms. The highest BCUT2D eigenvalue weighted by Gasteiger charge is 2.10. The number of nitrogens with zero attached hydrogens (tertiary/aromatic N) is 1. The quantitative estimate of drug-likeness (QED) is 0.278. The molecule has 0 fully saturated rings. The lowest BCUT2D eigenvalue weighted by Gasteiger charge is -2.11. The number of aliphatic imine (C=N–C) groups is 1. The Morgan fingerprint density at radius 2 is 1.93 bits per heavy atom. The van der Waals surface area contributed by atoms with Gasteiger partial charge in [0.25, 0.3) is 0 Å². The van der Waals surface area contributed by atoms with Gasteiger partial charge in [0.15, 0.2) is 5.96 Å². The van der Waals surface area contributed by atoms with Crippen molar-refractivity contribution in [1.29, 1.82) is 0 Å². The summed E-state index contributed by atoms with van der Waals surface area (Å²) in [7, 11) is 1.56. The van der Waals surface area contributed by atoms with Gasteiger partial charge in [0, 0.05) is 17.3 Å². The third-order valence-electron chi connectivity index (χ3n) is 4.11. The van der Waals surface area contributed by atoms with Gasteiger partial charge in [-0.3, -0.25) is 4.79 Å². The van der Waals surface area contributed by atoms with Crippen molar-refractivity contribution in [3.8, 4) is 5.75 Å². The molecular formula is C20H26ClIN4O2. The molecule has 1 amide bonds. The van der Waals surface area contributed by atoms with E-state index in [0.717, 1.165) is 23.4 Å². The molecule has 2 aromatic carbocycles. The monoisotopic (exact) mass is 516 g/mol. The molecule has 0 saturated carbocycles. The van der Waals surface area contributed by atoms with Crippen LogP contribution in [-0.4, -0.2) is 19.0 Å². The van der Waals surface area contributed by atoms with Crippen LogP contribution in [-0.2, 0) is 11.3 Å². The number of ether oxygens (including phenoxy) is 1. The number of carbonyl (C=O) groups is 1. The van der Waals surface area contributed by atoms with Gasteiger partial charge < -0.3 is 21.1 Å². The van der Waals surface area contributed by atoms with Gasteiger partial charge in [-0.2, -0.15) is 0 Å². The van der Waals surface area contributed by atoms with Crippen molar-refractivity contribution in [2.24, 2.45) is 16.6 Å². The largest absolute Gasteiger partial charge is 0.495 e. The van der Waals surface area contributed by atoms with E-state index in [1.807, 2.05) is 38.1 Å². The summed E-state index contributed by atoms with van der Waals surface area (Å²) < 4.78 is 5.12. The van der Waals surface area contributed by atoms with Gasteiger partial charge in [0.2, 0.25) is 5.91 Å². The molecule has 28 heavy (non-hydrogen) atoms. The second kappa shape index (κ2) is 11.8. The molecule has 2 rings (SSSR count). The van der Waals surface area contributed by atoms with Crippen molar-refractivity contribution in [1.82, 2.24) is 0 Å². The van der Waals surface area contributed by atoms with E-state index in [1.165, 1.54) is 0 Å². The van der Waals surface area contributed by atoms with Gasteiger partial charge in [0.1, 0.15) is 5.75 Å². The van der Waals surface area contributed by atoms with Crippen molar-refractivity contribution in [3.63, 3.8) is 0 Å². The Labute approximate surface area is 187 Å². The lowest BCUT2D eigenvalue weighted by Crippen LogP contribution is -2.22. The minimum absolute atomic E-state index is 0. The topological polar surface area (TPSA) is 88.7 Å². The van der Waals surface area contributed by atoms with Crippen molar-refractivity contribution in [3.05, 3.63) is 53.1 Å². The molecule has 0 heterocycles. The zero-order chi connectivity index (χ0) is 19.8. The molecule has 0 aliphatic rings. The minimum atomic E-state index is -0.0251. The van der Waals surface area contributed by atoms with Gasteiger partial charge >= 0.3 is 0 Å². The molecule has 1 atom stereocenters. The van der Waals surface area contributed by atoms with Crippen molar-refractivity contribution >= 4 is 58.8 Å². The molecule has 0 aromatic heterocycles. The van der Waals surface area contributed by atoms with Crippen LogP contribution in [0.25, 0.3) is 0 Å². The fourth-order valence-corrected chi connectivity index (χ4v) is 2.56. The lowest BCUT2D eigenvalue weighted by atomic mass is 10.1. The highest BCUT2D eigenvalue weighted by Crippen LogP contribution is 2.27. The Kier molecular flexibility index (Phi) is 10.1. The third-order valence-corrected chi connectivity index (χ3v) is 4.41. The maximum atomic E-state index is 12.0. The Bertz CT molecular complexity index is 830. The molecule has 0 aliphatic carbocycles. The molecule has 0 radical (unpaired) electrons. The van der Waals surface area contributed by atoms with E-state index in [-0.39, 0.29) is 41.8 Å². The number of methoxy groups -OCH3 is 1. The average molecular weight is 517 g/mol. The van der Waals surface area contributed by atoms with E-state index < -0.39 is 0 Å². The van der Waals surface area contributed by atoms with Gasteiger partial charge in [-0.1, -0.05) is 37.6 Å². The van der Waals surface area contributed by atoms with Crippen LogP contribution in [0.15, 0.2) is 47.5 Å². The number of nitrogens with two attached hydrogens (primary N) is 1. The number of guanidine groups is 1. The lowest BCUT2D eigenvalue weighted by molar-refractivity contribution is -0.119. The number of halogens is 2. The van der Waals surface area contributed by atoms with Crippen LogP contribution in [0.3, 0.4) is 0 Å². The maximum absolute atomic E-state index is 12.0. The zero-order valence-electron chi connectivity index (χ0n) is 16.2. The van der Waals surface area contributed by atoms with Crippen LogP contribution >= 0.6 is 35.6 Å². The van der Waals surface area contributed by atoms with Crippen LogP contribution in [0.2, 0.25) is 5.02 Å². The first-order chi connectivity index (χ1) is 12.9. The summed E-state index contributed by atoms with van der Waals surface area (Å²) in [6.45, 7) is 4.28. The molecule has 2 aromatic rings. The number of rotatable bonds is 7. The zero-order valence-corrected chi connectivity index (χ0v) is 19.2. The second-order valence-corrected chi connectivity index (χ2v) is 6.58. The van der Waals surface area contributed by atoms with Crippen molar-refractivity contribution in [2.45, 2.75) is 26.8 Å². The fraction of sp³-hybridized carbons (Fsp3) is 0.300. The predicted molar refractivity (Wildman–Crippen MR) is 127 cm³/mol. The molecule has 6 nitrogen and oxygen atoms in total. The highest BCUT2D eigenvalue weighted by atomic mass is 127. The van der Waals surface area contributed by atoms with Crippen LogP contribution in [0.4, 0.5) is 11.4 Å². The number of carbonyl (C=O) groups excluding carboxylic acids is 1. The first kappa shape index (κ1) is 24.0. The summed E-state index contributed by atoms with van der Waals surface area (Å²) in [6.07, 6.45) is 0.799. The van der Waals surface area contributed by atoms with E-state index in [0.29, 0.717) is 17.3 Å². The van der Waals surface area contributed by atoms with E-state index in [1.54, 1.807) is 25.3 Å². The first-order valence-corrected chi connectivity index (χ1v) is 9.11. The van der Waals surface area contributed by atoms with Crippen LogP contribution in [0, 0.1) is 5.92 Å². The normalized spacial score (nSPS) is 11.9.